The number of carbonyl (C=O) groups excluding carboxylic acids is 2. The van der Waals surface area contributed by atoms with Gasteiger partial charge in [0.15, 0.2) is 0 Å². The van der Waals surface area contributed by atoms with E-state index < -0.39 is 0 Å². The molecule has 3 heterocycles. The van der Waals surface area contributed by atoms with Crippen molar-refractivity contribution in [2.75, 3.05) is 13.1 Å². The van der Waals surface area contributed by atoms with Crippen molar-refractivity contribution in [3.05, 3.63) is 40.7 Å². The summed E-state index contributed by atoms with van der Waals surface area (Å²) in [5, 5.41) is 9.62. The van der Waals surface area contributed by atoms with Crippen LogP contribution in [-0.2, 0) is 17.8 Å². The number of fused-ring (bicyclic) bond motifs is 1. The van der Waals surface area contributed by atoms with Crippen LogP contribution in [-0.4, -0.2) is 50.0 Å². The van der Waals surface area contributed by atoms with Crippen molar-refractivity contribution in [2.24, 2.45) is 0 Å². The molecule has 0 bridgehead atoms. The fourth-order valence-corrected chi connectivity index (χ4v) is 3.18. The van der Waals surface area contributed by atoms with E-state index >= 15 is 0 Å². The summed E-state index contributed by atoms with van der Waals surface area (Å²) in [6.07, 6.45) is 7.15. The van der Waals surface area contributed by atoms with Crippen molar-refractivity contribution in [1.82, 2.24) is 30.4 Å². The van der Waals surface area contributed by atoms with Gasteiger partial charge in [0.2, 0.25) is 5.91 Å². The lowest BCUT2D eigenvalue weighted by atomic mass is 10.1. The third-order valence-electron chi connectivity index (χ3n) is 4.93. The Morgan fingerprint density at radius 3 is 2.96 bits per heavy atom. The summed E-state index contributed by atoms with van der Waals surface area (Å²) >= 11 is 0. The zero-order valence-corrected chi connectivity index (χ0v) is 14.8. The van der Waals surface area contributed by atoms with Crippen molar-refractivity contribution >= 4 is 11.8 Å². The van der Waals surface area contributed by atoms with E-state index in [1.54, 1.807) is 17.3 Å². The number of carbonyl (C=O) groups is 2. The molecule has 0 saturated heterocycles. The maximum atomic E-state index is 12.8. The summed E-state index contributed by atoms with van der Waals surface area (Å²) < 4.78 is 0. The number of amides is 2. The fourth-order valence-electron chi connectivity index (χ4n) is 3.18. The molecule has 0 aromatic carbocycles. The van der Waals surface area contributed by atoms with E-state index in [2.05, 4.69) is 25.5 Å². The molecule has 1 aliphatic heterocycles. The van der Waals surface area contributed by atoms with Crippen LogP contribution in [0.1, 0.15) is 58.3 Å². The van der Waals surface area contributed by atoms with E-state index in [0.717, 1.165) is 48.5 Å². The highest BCUT2D eigenvalue weighted by Gasteiger charge is 2.30. The zero-order chi connectivity index (χ0) is 18.1. The van der Waals surface area contributed by atoms with Crippen LogP contribution in [0.15, 0.2) is 12.4 Å². The highest BCUT2D eigenvalue weighted by Crippen LogP contribution is 2.38. The normalized spacial score (nSPS) is 17.0. The SMILES string of the molecule is Cc1[nH]ncc1CNC(=O)CN1CCCc2nc(C3CC3)ncc2C1=O. The Bertz CT molecular complexity index is 842. The van der Waals surface area contributed by atoms with Gasteiger partial charge in [-0.3, -0.25) is 14.7 Å². The van der Waals surface area contributed by atoms with E-state index in [0.29, 0.717) is 24.6 Å². The van der Waals surface area contributed by atoms with Gasteiger partial charge in [0.05, 0.1) is 24.0 Å². The number of H-pyrrole nitrogens is 1. The highest BCUT2D eigenvalue weighted by molar-refractivity contribution is 5.97. The fraction of sp³-hybridized carbons (Fsp3) is 0.500. The molecule has 1 aliphatic carbocycles. The lowest BCUT2D eigenvalue weighted by Crippen LogP contribution is -2.40. The molecule has 2 aliphatic rings. The summed E-state index contributed by atoms with van der Waals surface area (Å²) in [5.74, 6) is 0.984. The summed E-state index contributed by atoms with van der Waals surface area (Å²) in [5.41, 5.74) is 3.22. The van der Waals surface area contributed by atoms with Gasteiger partial charge in [-0.25, -0.2) is 9.97 Å². The molecule has 0 spiro atoms. The number of hydrogen-bond acceptors (Lipinski definition) is 5. The predicted octanol–water partition coefficient (Wildman–Crippen LogP) is 1.09. The van der Waals surface area contributed by atoms with Gasteiger partial charge in [-0.1, -0.05) is 0 Å². The van der Waals surface area contributed by atoms with Gasteiger partial charge in [-0.2, -0.15) is 5.10 Å². The van der Waals surface area contributed by atoms with E-state index in [-0.39, 0.29) is 18.4 Å². The smallest absolute Gasteiger partial charge is 0.257 e. The number of rotatable bonds is 5. The third-order valence-corrected chi connectivity index (χ3v) is 4.93. The minimum absolute atomic E-state index is 0.0412. The second-order valence-corrected chi connectivity index (χ2v) is 6.99. The first-order valence-corrected chi connectivity index (χ1v) is 9.02. The largest absolute Gasteiger partial charge is 0.350 e. The van der Waals surface area contributed by atoms with Crippen molar-refractivity contribution in [3.8, 4) is 0 Å². The van der Waals surface area contributed by atoms with Crippen LogP contribution >= 0.6 is 0 Å². The first-order valence-electron chi connectivity index (χ1n) is 9.02. The molecule has 26 heavy (non-hydrogen) atoms. The van der Waals surface area contributed by atoms with Crippen LogP contribution in [0.5, 0.6) is 0 Å². The molecule has 136 valence electrons. The Labute approximate surface area is 151 Å². The number of aryl methyl sites for hydroxylation is 2. The Kier molecular flexibility index (Phi) is 4.40. The molecule has 4 rings (SSSR count). The van der Waals surface area contributed by atoms with Gasteiger partial charge in [0.25, 0.3) is 5.91 Å². The molecule has 2 N–H and O–H groups in total. The van der Waals surface area contributed by atoms with Crippen molar-refractivity contribution in [2.45, 2.75) is 45.1 Å². The summed E-state index contributed by atoms with van der Waals surface area (Å²) in [6, 6.07) is 0. The van der Waals surface area contributed by atoms with Crippen molar-refractivity contribution in [3.63, 3.8) is 0 Å². The zero-order valence-electron chi connectivity index (χ0n) is 14.8. The van der Waals surface area contributed by atoms with Crippen LogP contribution < -0.4 is 5.32 Å². The van der Waals surface area contributed by atoms with Crippen molar-refractivity contribution in [1.29, 1.82) is 0 Å². The van der Waals surface area contributed by atoms with Gasteiger partial charge < -0.3 is 10.2 Å². The van der Waals surface area contributed by atoms with Gasteiger partial charge in [0, 0.05) is 36.5 Å². The Morgan fingerprint density at radius 1 is 1.38 bits per heavy atom. The Balaban J connectivity index is 1.41. The predicted molar refractivity (Wildman–Crippen MR) is 93.4 cm³/mol. The van der Waals surface area contributed by atoms with Gasteiger partial charge in [0.1, 0.15) is 5.82 Å². The topological polar surface area (TPSA) is 104 Å². The summed E-state index contributed by atoms with van der Waals surface area (Å²) in [7, 11) is 0. The van der Waals surface area contributed by atoms with Crippen LogP contribution in [0, 0.1) is 6.92 Å². The minimum Gasteiger partial charge on any atom is -0.350 e. The Morgan fingerprint density at radius 2 is 2.23 bits per heavy atom. The van der Waals surface area contributed by atoms with Gasteiger partial charge in [-0.05, 0) is 32.6 Å². The first-order chi connectivity index (χ1) is 12.6. The van der Waals surface area contributed by atoms with Gasteiger partial charge >= 0.3 is 0 Å². The molecule has 0 atom stereocenters. The van der Waals surface area contributed by atoms with Crippen LogP contribution in [0.25, 0.3) is 0 Å². The molecule has 2 aromatic rings. The lowest BCUT2D eigenvalue weighted by Gasteiger charge is -2.20. The molecule has 2 aromatic heterocycles. The molecule has 0 radical (unpaired) electrons. The Hall–Kier alpha value is -2.77. The average Bonchev–Trinajstić information content (AvgIpc) is 3.42. The number of nitrogens with zero attached hydrogens (tertiary/aromatic N) is 4. The third kappa shape index (κ3) is 3.44. The molecule has 1 fully saturated rings. The number of aromatic amines is 1. The molecular formula is C18H22N6O2. The van der Waals surface area contributed by atoms with Crippen LogP contribution in [0.2, 0.25) is 0 Å². The van der Waals surface area contributed by atoms with E-state index in [4.69, 9.17) is 0 Å². The minimum atomic E-state index is -0.182. The molecule has 1 saturated carbocycles. The highest BCUT2D eigenvalue weighted by atomic mass is 16.2. The molecule has 2 amide bonds. The molecule has 0 unspecified atom stereocenters. The average molecular weight is 354 g/mol. The molecular weight excluding hydrogens is 332 g/mol. The number of aromatic nitrogens is 4. The molecule has 8 heteroatoms. The second kappa shape index (κ2) is 6.86. The summed E-state index contributed by atoms with van der Waals surface area (Å²) in [4.78, 5) is 35.6. The van der Waals surface area contributed by atoms with E-state index in [9.17, 15) is 9.59 Å². The monoisotopic (exact) mass is 354 g/mol. The van der Waals surface area contributed by atoms with Crippen LogP contribution in [0.4, 0.5) is 0 Å². The maximum Gasteiger partial charge on any atom is 0.257 e. The van der Waals surface area contributed by atoms with Crippen molar-refractivity contribution < 1.29 is 9.59 Å². The summed E-state index contributed by atoms with van der Waals surface area (Å²) in [6.45, 7) is 2.89. The molecule has 8 nitrogen and oxygen atoms in total. The quantitative estimate of drug-likeness (QED) is 0.836. The van der Waals surface area contributed by atoms with Gasteiger partial charge in [-0.15, -0.1) is 0 Å². The number of nitrogens with one attached hydrogen (secondary N) is 2. The maximum absolute atomic E-state index is 12.8. The van der Waals surface area contributed by atoms with Crippen LogP contribution in [0.3, 0.4) is 0 Å². The van der Waals surface area contributed by atoms with E-state index in [1.807, 2.05) is 6.92 Å². The second-order valence-electron chi connectivity index (χ2n) is 6.99. The number of hydrogen-bond donors (Lipinski definition) is 2. The standard InChI is InChI=1S/C18H22N6O2/c1-11-13(8-21-23-11)7-19-16(25)10-24-6-2-3-15-14(18(24)26)9-20-17(22-15)12-4-5-12/h8-9,12H,2-7,10H2,1H3,(H,19,25)(H,21,23). The lowest BCUT2D eigenvalue weighted by molar-refractivity contribution is -0.122. The first kappa shape index (κ1) is 16.7. The van der Waals surface area contributed by atoms with E-state index in [1.165, 1.54) is 0 Å².